The summed E-state index contributed by atoms with van der Waals surface area (Å²) in [5, 5.41) is 0. The molecule has 1 aliphatic heterocycles. The van der Waals surface area contributed by atoms with Gasteiger partial charge in [0.1, 0.15) is 0 Å². The second-order valence-electron chi connectivity index (χ2n) is 5.84. The maximum Gasteiger partial charge on any atom is 0.254 e. The number of hydrogen-bond donors (Lipinski definition) is 1. The first-order valence-corrected chi connectivity index (χ1v) is 6.99. The van der Waals surface area contributed by atoms with E-state index in [0.29, 0.717) is 17.5 Å². The van der Waals surface area contributed by atoms with Crippen molar-refractivity contribution >= 4 is 5.91 Å². The number of amides is 1. The molecule has 1 saturated heterocycles. The van der Waals surface area contributed by atoms with Crippen LogP contribution in [-0.2, 0) is 0 Å². The Hall–Kier alpha value is -1.58. The Labute approximate surface area is 113 Å². The lowest BCUT2D eigenvalue weighted by atomic mass is 10.0. The summed E-state index contributed by atoms with van der Waals surface area (Å²) < 4.78 is 0. The molecule has 4 heteroatoms. The molecule has 1 aromatic heterocycles. The van der Waals surface area contributed by atoms with E-state index in [0.717, 1.165) is 31.5 Å². The van der Waals surface area contributed by atoms with E-state index in [1.165, 1.54) is 6.07 Å². The number of aromatic amines is 1. The number of carbonyl (C=O) groups is 1. The summed E-state index contributed by atoms with van der Waals surface area (Å²) in [7, 11) is 0. The number of pyridine rings is 1. The zero-order valence-electron chi connectivity index (χ0n) is 11.9. The maximum atomic E-state index is 12.5. The van der Waals surface area contributed by atoms with E-state index in [4.69, 9.17) is 0 Å². The third-order valence-electron chi connectivity index (χ3n) is 3.61. The molecule has 4 nitrogen and oxygen atoms in total. The third-order valence-corrected chi connectivity index (χ3v) is 3.61. The van der Waals surface area contributed by atoms with E-state index in [1.54, 1.807) is 13.0 Å². The molecule has 1 aromatic rings. The van der Waals surface area contributed by atoms with Crippen LogP contribution >= 0.6 is 0 Å². The third kappa shape index (κ3) is 3.25. The van der Waals surface area contributed by atoms with Crippen LogP contribution in [0.5, 0.6) is 0 Å². The van der Waals surface area contributed by atoms with E-state index < -0.39 is 0 Å². The van der Waals surface area contributed by atoms with Crippen molar-refractivity contribution in [1.82, 2.24) is 9.88 Å². The Morgan fingerprint density at radius 3 is 2.84 bits per heavy atom. The van der Waals surface area contributed by atoms with Gasteiger partial charge in [-0.2, -0.15) is 0 Å². The minimum absolute atomic E-state index is 0.00245. The molecule has 0 unspecified atom stereocenters. The van der Waals surface area contributed by atoms with Gasteiger partial charge >= 0.3 is 0 Å². The van der Waals surface area contributed by atoms with E-state index in [1.807, 2.05) is 4.90 Å². The number of carbonyl (C=O) groups excluding carboxylic acids is 1. The molecular formula is C15H22N2O2. The quantitative estimate of drug-likeness (QED) is 0.909. The zero-order valence-corrected chi connectivity index (χ0v) is 11.9. The summed E-state index contributed by atoms with van der Waals surface area (Å²) in [5.41, 5.74) is 1.04. The number of aryl methyl sites for hydroxylation is 1. The Morgan fingerprint density at radius 1 is 1.47 bits per heavy atom. The van der Waals surface area contributed by atoms with Crippen LogP contribution < -0.4 is 5.56 Å². The molecule has 0 aromatic carbocycles. The largest absolute Gasteiger partial charge is 0.336 e. The molecule has 1 amide bonds. The van der Waals surface area contributed by atoms with Crippen molar-refractivity contribution in [3.63, 3.8) is 0 Å². The number of nitrogens with zero attached hydrogens (tertiary/aromatic N) is 1. The van der Waals surface area contributed by atoms with Gasteiger partial charge in [-0.1, -0.05) is 13.8 Å². The van der Waals surface area contributed by atoms with Crippen LogP contribution in [0.4, 0.5) is 0 Å². The van der Waals surface area contributed by atoms with Crippen LogP contribution in [-0.4, -0.2) is 28.4 Å². The van der Waals surface area contributed by atoms with Crippen LogP contribution in [0, 0.1) is 12.8 Å². The lowest BCUT2D eigenvalue weighted by molar-refractivity contribution is 0.0721. The van der Waals surface area contributed by atoms with Crippen LogP contribution in [0.3, 0.4) is 0 Å². The predicted octanol–water partition coefficient (Wildman–Crippen LogP) is 2.33. The fourth-order valence-electron chi connectivity index (χ4n) is 2.86. The van der Waals surface area contributed by atoms with Crippen molar-refractivity contribution in [2.24, 2.45) is 5.92 Å². The van der Waals surface area contributed by atoms with E-state index in [2.05, 4.69) is 18.8 Å². The van der Waals surface area contributed by atoms with Crippen molar-refractivity contribution in [3.05, 3.63) is 33.7 Å². The fraction of sp³-hybridized carbons (Fsp3) is 0.600. The second kappa shape index (κ2) is 5.59. The highest BCUT2D eigenvalue weighted by Gasteiger charge is 2.29. The molecule has 0 spiro atoms. The molecule has 0 bridgehead atoms. The molecule has 1 fully saturated rings. The van der Waals surface area contributed by atoms with Crippen LogP contribution in [0.25, 0.3) is 0 Å². The average molecular weight is 262 g/mol. The molecule has 19 heavy (non-hydrogen) atoms. The normalized spacial score (nSPS) is 19.2. The summed E-state index contributed by atoms with van der Waals surface area (Å²) in [6, 6.07) is 3.49. The molecule has 1 aliphatic rings. The van der Waals surface area contributed by atoms with Crippen molar-refractivity contribution in [3.8, 4) is 0 Å². The van der Waals surface area contributed by atoms with Gasteiger partial charge in [0, 0.05) is 29.9 Å². The average Bonchev–Trinajstić information content (AvgIpc) is 2.73. The van der Waals surface area contributed by atoms with Gasteiger partial charge < -0.3 is 9.88 Å². The lowest BCUT2D eigenvalue weighted by Crippen LogP contribution is -2.36. The number of H-pyrrole nitrogens is 1. The SMILES string of the molecule is Cc1cc(C(=O)N2CCC[C@H]2CC(C)C)cc(=O)[nH]1. The summed E-state index contributed by atoms with van der Waals surface area (Å²) in [6.07, 6.45) is 3.17. The minimum atomic E-state index is -0.206. The lowest BCUT2D eigenvalue weighted by Gasteiger charge is -2.26. The first-order valence-electron chi connectivity index (χ1n) is 6.99. The minimum Gasteiger partial charge on any atom is -0.336 e. The van der Waals surface area contributed by atoms with E-state index in [-0.39, 0.29) is 11.5 Å². The van der Waals surface area contributed by atoms with Gasteiger partial charge in [-0.25, -0.2) is 0 Å². The summed E-state index contributed by atoms with van der Waals surface area (Å²) in [5.74, 6) is 0.580. The first kappa shape index (κ1) is 13.8. The zero-order chi connectivity index (χ0) is 14.0. The van der Waals surface area contributed by atoms with Gasteiger partial charge in [0.15, 0.2) is 0 Å². The number of hydrogen-bond acceptors (Lipinski definition) is 2. The van der Waals surface area contributed by atoms with Crippen molar-refractivity contribution in [2.75, 3.05) is 6.54 Å². The number of nitrogens with one attached hydrogen (secondary N) is 1. The number of likely N-dealkylation sites (tertiary alicyclic amines) is 1. The Kier molecular flexibility index (Phi) is 4.08. The smallest absolute Gasteiger partial charge is 0.254 e. The van der Waals surface area contributed by atoms with Crippen LogP contribution in [0.2, 0.25) is 0 Å². The monoisotopic (exact) mass is 262 g/mol. The van der Waals surface area contributed by atoms with E-state index >= 15 is 0 Å². The van der Waals surface area contributed by atoms with Crippen molar-refractivity contribution in [1.29, 1.82) is 0 Å². The highest BCUT2D eigenvalue weighted by atomic mass is 16.2. The number of aromatic nitrogens is 1. The Balaban J connectivity index is 2.20. The van der Waals surface area contributed by atoms with Gasteiger partial charge in [-0.3, -0.25) is 9.59 Å². The molecular weight excluding hydrogens is 240 g/mol. The summed E-state index contributed by atoms with van der Waals surface area (Å²) >= 11 is 0. The standard InChI is InChI=1S/C15H22N2O2/c1-10(2)7-13-5-4-6-17(13)15(19)12-8-11(3)16-14(18)9-12/h8-10,13H,4-7H2,1-3H3,(H,16,18)/t13-/m0/s1. The second-order valence-corrected chi connectivity index (χ2v) is 5.84. The molecule has 2 rings (SSSR count). The Bertz CT molecular complexity index is 519. The van der Waals surface area contributed by atoms with Crippen LogP contribution in [0.1, 0.15) is 49.2 Å². The van der Waals surface area contributed by atoms with Gasteiger partial charge in [0.05, 0.1) is 0 Å². The maximum absolute atomic E-state index is 12.5. The molecule has 1 N–H and O–H groups in total. The molecule has 1 atom stereocenters. The van der Waals surface area contributed by atoms with Gasteiger partial charge in [-0.15, -0.1) is 0 Å². The van der Waals surface area contributed by atoms with Gasteiger partial charge in [0.25, 0.3) is 5.91 Å². The highest BCUT2D eigenvalue weighted by molar-refractivity contribution is 5.94. The number of rotatable bonds is 3. The molecule has 104 valence electrons. The highest BCUT2D eigenvalue weighted by Crippen LogP contribution is 2.25. The van der Waals surface area contributed by atoms with Crippen LogP contribution in [0.15, 0.2) is 16.9 Å². The molecule has 2 heterocycles. The van der Waals surface area contributed by atoms with E-state index in [9.17, 15) is 9.59 Å². The Morgan fingerprint density at radius 2 is 2.21 bits per heavy atom. The fourth-order valence-corrected chi connectivity index (χ4v) is 2.86. The predicted molar refractivity (Wildman–Crippen MR) is 75.3 cm³/mol. The molecule has 0 aliphatic carbocycles. The van der Waals surface area contributed by atoms with Crippen molar-refractivity contribution in [2.45, 2.75) is 46.1 Å². The molecule has 0 radical (unpaired) electrons. The topological polar surface area (TPSA) is 53.2 Å². The summed E-state index contributed by atoms with van der Waals surface area (Å²) in [6.45, 7) is 6.96. The molecule has 0 saturated carbocycles. The van der Waals surface area contributed by atoms with Crippen molar-refractivity contribution < 1.29 is 4.79 Å². The first-order chi connectivity index (χ1) is 8.97. The van der Waals surface area contributed by atoms with Gasteiger partial charge in [-0.05, 0) is 38.2 Å². The summed E-state index contributed by atoms with van der Waals surface area (Å²) in [4.78, 5) is 28.6. The van der Waals surface area contributed by atoms with Gasteiger partial charge in [0.2, 0.25) is 5.56 Å².